The van der Waals surface area contributed by atoms with Gasteiger partial charge < -0.3 is 14.8 Å². The van der Waals surface area contributed by atoms with Gasteiger partial charge >= 0.3 is 0 Å². The summed E-state index contributed by atoms with van der Waals surface area (Å²) in [5, 5.41) is 2.65. The number of nitrogens with one attached hydrogen (secondary N) is 1. The molecule has 0 radical (unpaired) electrons. The number of methoxy groups -OCH3 is 2. The van der Waals surface area contributed by atoms with Crippen LogP contribution in [0, 0.1) is 0 Å². The molecule has 1 rings (SSSR count). The summed E-state index contributed by atoms with van der Waals surface area (Å²) in [6.07, 6.45) is 6.69. The van der Waals surface area contributed by atoms with Crippen molar-refractivity contribution in [3.8, 4) is 0 Å². The summed E-state index contributed by atoms with van der Waals surface area (Å²) in [5.74, 6) is -0.0605. The number of amides is 1. The number of hydrogen-bond acceptors (Lipinski definition) is 8. The molecule has 1 amide bonds. The molecule has 214 valence electrons. The first-order valence-corrected chi connectivity index (χ1v) is 14.1. The summed E-state index contributed by atoms with van der Waals surface area (Å²) in [5.41, 5.74) is -0.449. The van der Waals surface area contributed by atoms with Crippen LogP contribution in [0.2, 0.25) is 0 Å². The minimum absolute atomic E-state index is 0. The number of hydrogen-bond donors (Lipinski definition) is 1. The average Bonchev–Trinajstić information content (AvgIpc) is 2.87. The highest BCUT2D eigenvalue weighted by Crippen LogP contribution is 2.25. The predicted molar refractivity (Wildman–Crippen MR) is 146 cm³/mol. The molecule has 0 spiro atoms. The summed E-state index contributed by atoms with van der Waals surface area (Å²) < 4.78 is 38.6. The number of carbonyl (C=O) groups is 3. The van der Waals surface area contributed by atoms with Gasteiger partial charge in [0.1, 0.15) is 16.6 Å². The number of Topliss-reactive ketones (excluding diaryl/α,β-unsaturated/α-hetero) is 2. The summed E-state index contributed by atoms with van der Waals surface area (Å²) in [6, 6.07) is 6.16. The summed E-state index contributed by atoms with van der Waals surface area (Å²) in [7, 11) is 0.337. The molecule has 37 heavy (non-hydrogen) atoms. The van der Waals surface area contributed by atoms with E-state index in [0.29, 0.717) is 25.7 Å². The molecule has 1 N–H and O–H groups in total. The first-order valence-electron chi connectivity index (χ1n) is 12.7. The largest absolute Gasteiger partial charge is 0.374 e. The Morgan fingerprint density at radius 2 is 1.57 bits per heavy atom. The molecule has 1 aromatic rings. The van der Waals surface area contributed by atoms with Crippen LogP contribution in [0.25, 0.3) is 0 Å². The Bertz CT molecular complexity index is 944. The second-order valence-electron chi connectivity index (χ2n) is 8.78. The van der Waals surface area contributed by atoms with Gasteiger partial charge in [0.15, 0.2) is 11.6 Å². The molecule has 9 nitrogen and oxygen atoms in total. The molecule has 0 bridgehead atoms. The molecule has 0 aliphatic carbocycles. The molecule has 10 heteroatoms. The summed E-state index contributed by atoms with van der Waals surface area (Å²) in [4.78, 5) is 34.4. The zero-order valence-electron chi connectivity index (χ0n) is 23.4. The molecule has 0 fully saturated rings. The van der Waals surface area contributed by atoms with Crippen molar-refractivity contribution in [1.82, 2.24) is 0 Å². The fourth-order valence-corrected chi connectivity index (χ4v) is 4.74. The van der Waals surface area contributed by atoms with Gasteiger partial charge in [-0.2, -0.15) is 8.42 Å². The van der Waals surface area contributed by atoms with Crippen LogP contribution in [-0.2, 0) is 38.2 Å². The number of para-hydroxylation sites is 1. The molecule has 2 atom stereocenters. The quantitative estimate of drug-likeness (QED) is 0.206. The minimum atomic E-state index is -3.88. The zero-order chi connectivity index (χ0) is 28.5. The Kier molecular flexibility index (Phi) is 17.1. The molecular formula is C27H47NO8S. The van der Waals surface area contributed by atoms with Crippen molar-refractivity contribution in [2.75, 3.05) is 26.6 Å². The molecule has 0 saturated carbocycles. The van der Waals surface area contributed by atoms with Crippen molar-refractivity contribution in [2.45, 2.75) is 102 Å². The van der Waals surface area contributed by atoms with Gasteiger partial charge in [-0.05, 0) is 51.7 Å². The Hall–Kier alpha value is -2.14. The van der Waals surface area contributed by atoms with Crippen LogP contribution in [0.1, 0.15) is 86.9 Å². The van der Waals surface area contributed by atoms with Crippen LogP contribution < -0.4 is 5.32 Å². The average molecular weight is 546 g/mol. The summed E-state index contributed by atoms with van der Waals surface area (Å²) >= 11 is 0. The number of carbonyl (C=O) groups excluding carboxylic acids is 3. The van der Waals surface area contributed by atoms with E-state index in [1.54, 1.807) is 33.3 Å². The lowest BCUT2D eigenvalue weighted by atomic mass is 9.89. The van der Waals surface area contributed by atoms with E-state index in [-0.39, 0.29) is 35.6 Å². The van der Waals surface area contributed by atoms with Gasteiger partial charge in [-0.3, -0.25) is 18.6 Å². The third-order valence-corrected chi connectivity index (χ3v) is 7.68. The molecular weight excluding hydrogens is 498 g/mol. The van der Waals surface area contributed by atoms with E-state index in [1.165, 1.54) is 19.1 Å². The molecule has 0 saturated heterocycles. The molecule has 0 heterocycles. The monoisotopic (exact) mass is 545 g/mol. The maximum Gasteiger partial charge on any atom is 0.298 e. The molecule has 2 unspecified atom stereocenters. The highest BCUT2D eigenvalue weighted by atomic mass is 32.2. The fraction of sp³-hybridized carbons (Fsp3) is 0.667. The van der Waals surface area contributed by atoms with E-state index in [2.05, 4.69) is 9.50 Å². The zero-order valence-corrected chi connectivity index (χ0v) is 24.2. The standard InChI is InChI=1S/C21H33NO6S.C6H12O2.H2/c1-5-21(27-3,17(2)23)16-12-8-6-7-9-15-20(24)22-18-13-10-11-14-19(18)29(25,26)28-4;1-4-6(8-3)5(2)7;/h10-11,13-14H,5-9,12,15-16H2,1-4H3,(H,22,24);6H,4H2,1-3H3;1H. The van der Waals surface area contributed by atoms with Crippen molar-refractivity contribution in [2.24, 2.45) is 0 Å². The van der Waals surface area contributed by atoms with E-state index in [0.717, 1.165) is 39.2 Å². The van der Waals surface area contributed by atoms with Crippen LogP contribution in [0.5, 0.6) is 0 Å². The lowest BCUT2D eigenvalue weighted by Crippen LogP contribution is -2.38. The van der Waals surface area contributed by atoms with Gasteiger partial charge in [0, 0.05) is 22.1 Å². The third kappa shape index (κ3) is 12.3. The van der Waals surface area contributed by atoms with Gasteiger partial charge in [-0.25, -0.2) is 0 Å². The number of ether oxygens (including phenoxy) is 2. The van der Waals surface area contributed by atoms with Crippen molar-refractivity contribution >= 4 is 33.3 Å². The van der Waals surface area contributed by atoms with Crippen molar-refractivity contribution < 1.29 is 37.9 Å². The van der Waals surface area contributed by atoms with Crippen molar-refractivity contribution in [3.05, 3.63) is 24.3 Å². The molecule has 1 aromatic carbocycles. The van der Waals surface area contributed by atoms with Crippen molar-refractivity contribution in [3.63, 3.8) is 0 Å². The van der Waals surface area contributed by atoms with Gasteiger partial charge in [-0.15, -0.1) is 0 Å². The van der Waals surface area contributed by atoms with Crippen LogP contribution in [-0.4, -0.2) is 58.9 Å². The van der Waals surface area contributed by atoms with Crippen LogP contribution >= 0.6 is 0 Å². The normalized spacial score (nSPS) is 13.6. The number of ketones is 2. The van der Waals surface area contributed by atoms with E-state index in [4.69, 9.17) is 9.47 Å². The number of unbranched alkanes of at least 4 members (excludes halogenated alkanes) is 4. The maximum atomic E-state index is 12.2. The highest BCUT2D eigenvalue weighted by Gasteiger charge is 2.32. The first kappa shape index (κ1) is 34.9. The summed E-state index contributed by atoms with van der Waals surface area (Å²) in [6.45, 7) is 6.99. The third-order valence-electron chi connectivity index (χ3n) is 6.35. The lowest BCUT2D eigenvalue weighted by molar-refractivity contribution is -0.140. The van der Waals surface area contributed by atoms with Gasteiger partial charge in [0.25, 0.3) is 10.1 Å². The SMILES string of the molecule is CCC(CCCCCCCC(=O)Nc1ccccc1S(=O)(=O)OC)(OC)C(C)=O.CCC(OC)C(C)=O.[HH]. The Morgan fingerprint density at radius 1 is 0.973 bits per heavy atom. The first-order chi connectivity index (χ1) is 17.4. The fourth-order valence-electron chi connectivity index (χ4n) is 3.93. The smallest absolute Gasteiger partial charge is 0.298 e. The van der Waals surface area contributed by atoms with Crippen molar-refractivity contribution in [1.29, 1.82) is 0 Å². The Balaban J connectivity index is 0. The molecule has 0 aliphatic heterocycles. The van der Waals surface area contributed by atoms with Gasteiger partial charge in [0.2, 0.25) is 5.91 Å². The number of anilines is 1. The second-order valence-corrected chi connectivity index (χ2v) is 10.5. The van der Waals surface area contributed by atoms with E-state index in [9.17, 15) is 22.8 Å². The van der Waals surface area contributed by atoms with Crippen LogP contribution in [0.15, 0.2) is 29.2 Å². The number of benzene rings is 1. The number of rotatable bonds is 17. The molecule has 0 aromatic heterocycles. The van der Waals surface area contributed by atoms with Crippen LogP contribution in [0.4, 0.5) is 5.69 Å². The highest BCUT2D eigenvalue weighted by molar-refractivity contribution is 7.87. The van der Waals surface area contributed by atoms with E-state index in [1.807, 2.05) is 13.8 Å². The van der Waals surface area contributed by atoms with E-state index >= 15 is 0 Å². The van der Waals surface area contributed by atoms with Crippen LogP contribution in [0.3, 0.4) is 0 Å². The lowest BCUT2D eigenvalue weighted by Gasteiger charge is -2.28. The van der Waals surface area contributed by atoms with Gasteiger partial charge in [0.05, 0.1) is 12.8 Å². The second kappa shape index (κ2) is 18.2. The van der Waals surface area contributed by atoms with E-state index < -0.39 is 15.7 Å². The maximum absolute atomic E-state index is 12.2. The van der Waals surface area contributed by atoms with Gasteiger partial charge in [-0.1, -0.05) is 51.7 Å². The Labute approximate surface area is 224 Å². The topological polar surface area (TPSA) is 125 Å². The predicted octanol–water partition coefficient (Wildman–Crippen LogP) is 5.32. The molecule has 0 aliphatic rings. The minimum Gasteiger partial charge on any atom is -0.374 e. The Morgan fingerprint density at radius 3 is 2.03 bits per heavy atom.